The zero-order valence-electron chi connectivity index (χ0n) is 12.3. The van der Waals surface area contributed by atoms with E-state index in [0.717, 1.165) is 10.5 Å². The fourth-order valence-corrected chi connectivity index (χ4v) is 2.39. The van der Waals surface area contributed by atoms with E-state index in [2.05, 4.69) is 4.99 Å². The lowest BCUT2D eigenvalue weighted by Crippen LogP contribution is -2.41. The highest BCUT2D eigenvalue weighted by atomic mass is 16.6. The van der Waals surface area contributed by atoms with Crippen molar-refractivity contribution in [2.45, 2.75) is 12.6 Å². The normalized spacial score (nSPS) is 17.0. The number of ether oxygens (including phenoxy) is 1. The average molecular weight is 309 g/mol. The molecule has 116 valence electrons. The van der Waals surface area contributed by atoms with Gasteiger partial charge < -0.3 is 10.5 Å². The van der Waals surface area contributed by atoms with Crippen molar-refractivity contribution in [3.05, 3.63) is 71.8 Å². The van der Waals surface area contributed by atoms with Crippen molar-refractivity contribution in [3.63, 3.8) is 0 Å². The molecule has 3 rings (SSSR count). The molecule has 0 unspecified atom stereocenters. The number of carbonyl (C=O) groups excluding carboxylic acids is 2. The molecule has 0 aliphatic carbocycles. The molecule has 1 aliphatic heterocycles. The van der Waals surface area contributed by atoms with E-state index in [0.29, 0.717) is 5.56 Å². The summed E-state index contributed by atoms with van der Waals surface area (Å²) in [4.78, 5) is 29.2. The van der Waals surface area contributed by atoms with Crippen molar-refractivity contribution < 1.29 is 14.3 Å². The molecule has 0 fully saturated rings. The maximum Gasteiger partial charge on any atom is 0.418 e. The molecule has 0 radical (unpaired) electrons. The Morgan fingerprint density at radius 1 is 1.09 bits per heavy atom. The Bertz CT molecular complexity index is 744. The van der Waals surface area contributed by atoms with Gasteiger partial charge >= 0.3 is 6.09 Å². The van der Waals surface area contributed by atoms with Gasteiger partial charge in [0.2, 0.25) is 5.96 Å². The molecule has 0 spiro atoms. The van der Waals surface area contributed by atoms with Crippen LogP contribution in [0.1, 0.15) is 17.2 Å². The Kier molecular flexibility index (Phi) is 4.05. The predicted molar refractivity (Wildman–Crippen MR) is 84.3 cm³/mol. The summed E-state index contributed by atoms with van der Waals surface area (Å²) in [6.07, 6.45) is -0.699. The first-order valence-electron chi connectivity index (χ1n) is 7.09. The van der Waals surface area contributed by atoms with E-state index in [4.69, 9.17) is 10.5 Å². The highest BCUT2D eigenvalue weighted by molar-refractivity contribution is 6.09. The molecule has 2 aromatic rings. The van der Waals surface area contributed by atoms with E-state index in [9.17, 15) is 9.59 Å². The molecule has 6 heteroatoms. The van der Waals surface area contributed by atoms with Gasteiger partial charge in [0.1, 0.15) is 12.6 Å². The minimum atomic E-state index is -0.875. The minimum absolute atomic E-state index is 0.0964. The van der Waals surface area contributed by atoms with Crippen LogP contribution < -0.4 is 5.73 Å². The van der Waals surface area contributed by atoms with E-state index >= 15 is 0 Å². The molecular weight excluding hydrogens is 294 g/mol. The Hall–Kier alpha value is -3.15. The number of carbonyl (C=O) groups is 2. The zero-order chi connectivity index (χ0) is 16.2. The molecule has 0 saturated carbocycles. The second-order valence-corrected chi connectivity index (χ2v) is 5.03. The zero-order valence-corrected chi connectivity index (χ0v) is 12.3. The summed E-state index contributed by atoms with van der Waals surface area (Å²) in [5.74, 6) is -0.632. The number of nitrogens with two attached hydrogens (primary N) is 1. The molecule has 23 heavy (non-hydrogen) atoms. The number of benzene rings is 2. The number of hydrogen-bond acceptors (Lipinski definition) is 4. The first-order valence-corrected chi connectivity index (χ1v) is 7.09. The van der Waals surface area contributed by atoms with Gasteiger partial charge in [0.05, 0.1) is 0 Å². The van der Waals surface area contributed by atoms with E-state index in [1.807, 2.05) is 36.4 Å². The maximum absolute atomic E-state index is 12.3. The van der Waals surface area contributed by atoms with Crippen molar-refractivity contribution >= 4 is 18.0 Å². The predicted octanol–water partition coefficient (Wildman–Crippen LogP) is 2.22. The quantitative estimate of drug-likeness (QED) is 0.942. The van der Waals surface area contributed by atoms with Crippen LogP contribution in [0.25, 0.3) is 0 Å². The largest absolute Gasteiger partial charge is 0.444 e. The highest BCUT2D eigenvalue weighted by Crippen LogP contribution is 2.27. The SMILES string of the molecule is NC1=NC(=O)[C@H](c2ccccc2)N1C(=O)OCc1ccccc1. The van der Waals surface area contributed by atoms with Crippen LogP contribution >= 0.6 is 0 Å². The Balaban J connectivity index is 1.77. The lowest BCUT2D eigenvalue weighted by molar-refractivity contribution is -0.120. The number of rotatable bonds is 3. The van der Waals surface area contributed by atoms with Gasteiger partial charge in [0.15, 0.2) is 0 Å². The molecule has 1 heterocycles. The summed E-state index contributed by atoms with van der Waals surface area (Å²) >= 11 is 0. The van der Waals surface area contributed by atoms with Gasteiger partial charge in [-0.15, -0.1) is 0 Å². The first-order chi connectivity index (χ1) is 11.2. The summed E-state index contributed by atoms with van der Waals surface area (Å²) in [6.45, 7) is 0.0964. The van der Waals surface area contributed by atoms with Crippen LogP contribution in [0.3, 0.4) is 0 Å². The Morgan fingerprint density at radius 2 is 1.70 bits per heavy atom. The van der Waals surface area contributed by atoms with Crippen LogP contribution in [0, 0.1) is 0 Å². The summed E-state index contributed by atoms with van der Waals surface area (Å²) in [5, 5.41) is 0. The smallest absolute Gasteiger partial charge is 0.418 e. The highest BCUT2D eigenvalue weighted by Gasteiger charge is 2.40. The van der Waals surface area contributed by atoms with Crippen molar-refractivity contribution in [2.24, 2.45) is 10.7 Å². The van der Waals surface area contributed by atoms with Crippen molar-refractivity contribution in [1.29, 1.82) is 0 Å². The van der Waals surface area contributed by atoms with Crippen LogP contribution in [0.2, 0.25) is 0 Å². The molecule has 0 saturated heterocycles. The number of hydrogen-bond donors (Lipinski definition) is 1. The molecule has 6 nitrogen and oxygen atoms in total. The van der Waals surface area contributed by atoms with E-state index in [1.54, 1.807) is 24.3 Å². The molecule has 2 N–H and O–H groups in total. The minimum Gasteiger partial charge on any atom is -0.444 e. The van der Waals surface area contributed by atoms with Crippen LogP contribution in [0.15, 0.2) is 65.7 Å². The average Bonchev–Trinajstić information content (AvgIpc) is 2.88. The summed E-state index contributed by atoms with van der Waals surface area (Å²) in [7, 11) is 0. The molecule has 0 aromatic heterocycles. The van der Waals surface area contributed by atoms with E-state index in [-0.39, 0.29) is 12.6 Å². The van der Waals surface area contributed by atoms with Crippen LogP contribution in [-0.4, -0.2) is 22.9 Å². The lowest BCUT2D eigenvalue weighted by Gasteiger charge is -2.22. The van der Waals surface area contributed by atoms with Gasteiger partial charge in [-0.3, -0.25) is 4.79 Å². The van der Waals surface area contributed by atoms with Gasteiger partial charge in [0, 0.05) is 0 Å². The van der Waals surface area contributed by atoms with Gasteiger partial charge in [-0.25, -0.2) is 9.69 Å². The van der Waals surface area contributed by atoms with Gasteiger partial charge in [-0.05, 0) is 11.1 Å². The molecule has 1 aliphatic rings. The third-order valence-corrected chi connectivity index (χ3v) is 3.48. The molecule has 2 amide bonds. The van der Waals surface area contributed by atoms with Crippen LogP contribution in [0.4, 0.5) is 4.79 Å². The van der Waals surface area contributed by atoms with Crippen molar-refractivity contribution in [1.82, 2.24) is 4.90 Å². The third kappa shape index (κ3) is 3.06. The maximum atomic E-state index is 12.3. The van der Waals surface area contributed by atoms with Gasteiger partial charge in [0.25, 0.3) is 5.91 Å². The number of guanidine groups is 1. The van der Waals surface area contributed by atoms with Crippen molar-refractivity contribution in [3.8, 4) is 0 Å². The molecule has 2 aromatic carbocycles. The molecular formula is C17H15N3O3. The van der Waals surface area contributed by atoms with Crippen molar-refractivity contribution in [2.75, 3.05) is 0 Å². The lowest BCUT2D eigenvalue weighted by atomic mass is 10.1. The molecule has 0 bridgehead atoms. The fourth-order valence-electron chi connectivity index (χ4n) is 2.39. The summed E-state index contributed by atoms with van der Waals surface area (Å²) < 4.78 is 5.26. The third-order valence-electron chi connectivity index (χ3n) is 3.48. The summed E-state index contributed by atoms with van der Waals surface area (Å²) in [6, 6.07) is 17.3. The molecule has 1 atom stereocenters. The van der Waals surface area contributed by atoms with Gasteiger partial charge in [-0.2, -0.15) is 4.99 Å². The monoisotopic (exact) mass is 309 g/mol. The number of nitrogens with zero attached hydrogens (tertiary/aromatic N) is 2. The first kappa shape index (κ1) is 14.8. The number of aliphatic imine (C=N–C) groups is 1. The van der Waals surface area contributed by atoms with Gasteiger partial charge in [-0.1, -0.05) is 60.7 Å². The number of amides is 2. The second-order valence-electron chi connectivity index (χ2n) is 5.03. The van der Waals surface area contributed by atoms with Crippen LogP contribution in [-0.2, 0) is 16.1 Å². The van der Waals surface area contributed by atoms with Crippen LogP contribution in [0.5, 0.6) is 0 Å². The topological polar surface area (TPSA) is 85.0 Å². The Labute approximate surface area is 133 Å². The Morgan fingerprint density at radius 3 is 2.35 bits per heavy atom. The summed E-state index contributed by atoms with van der Waals surface area (Å²) in [5.41, 5.74) is 7.20. The van der Waals surface area contributed by atoms with E-state index in [1.165, 1.54) is 0 Å². The second kappa shape index (κ2) is 6.31. The standard InChI is InChI=1S/C17H15N3O3/c18-16-19-15(21)14(13-9-5-2-6-10-13)20(16)17(22)23-11-12-7-3-1-4-8-12/h1-10,14H,11H2,(H2,18,19,21)/t14-/m0/s1. The van der Waals surface area contributed by atoms with E-state index < -0.39 is 18.0 Å². The fraction of sp³-hybridized carbons (Fsp3) is 0.118.